The molecule has 0 bridgehead atoms. The molecule has 1 amide bonds. The Morgan fingerprint density at radius 1 is 1.35 bits per heavy atom. The van der Waals surface area contributed by atoms with E-state index in [4.69, 9.17) is 4.74 Å². The molecule has 2 aromatic rings. The highest BCUT2D eigenvalue weighted by Crippen LogP contribution is 2.24. The summed E-state index contributed by atoms with van der Waals surface area (Å²) in [6.45, 7) is 3.27. The van der Waals surface area contributed by atoms with Crippen LogP contribution in [-0.2, 0) is 4.74 Å². The molecule has 7 heteroatoms. The quantitative estimate of drug-likeness (QED) is 0.914. The van der Waals surface area contributed by atoms with E-state index < -0.39 is 0 Å². The number of carbonyl (C=O) groups excluding carboxylic acids is 1. The molecule has 6 nitrogen and oxygen atoms in total. The third-order valence-corrected chi connectivity index (χ3v) is 5.05. The van der Waals surface area contributed by atoms with E-state index in [2.05, 4.69) is 10.4 Å². The van der Waals surface area contributed by atoms with Crippen molar-refractivity contribution < 1.29 is 13.9 Å². The van der Waals surface area contributed by atoms with Crippen molar-refractivity contribution in [3.8, 4) is 0 Å². The Morgan fingerprint density at radius 2 is 2.27 bits per heavy atom. The van der Waals surface area contributed by atoms with Crippen LogP contribution in [0.3, 0.4) is 0 Å². The minimum atomic E-state index is -0.312. The molecular formula is C19H23FN4O2. The lowest BCUT2D eigenvalue weighted by molar-refractivity contribution is -0.0231. The van der Waals surface area contributed by atoms with Crippen LogP contribution >= 0.6 is 0 Å². The van der Waals surface area contributed by atoms with Crippen LogP contribution in [0.25, 0.3) is 0 Å². The summed E-state index contributed by atoms with van der Waals surface area (Å²) >= 11 is 0. The van der Waals surface area contributed by atoms with E-state index >= 15 is 0 Å². The monoisotopic (exact) mass is 358 g/mol. The van der Waals surface area contributed by atoms with E-state index in [-0.39, 0.29) is 17.8 Å². The van der Waals surface area contributed by atoms with Crippen LogP contribution in [0.15, 0.2) is 36.5 Å². The van der Waals surface area contributed by atoms with Gasteiger partial charge in [0.25, 0.3) is 5.91 Å². The summed E-state index contributed by atoms with van der Waals surface area (Å²) in [5.41, 5.74) is 1.21. The summed E-state index contributed by atoms with van der Waals surface area (Å²) in [4.78, 5) is 14.6. The van der Waals surface area contributed by atoms with E-state index in [0.29, 0.717) is 31.4 Å². The predicted octanol–water partition coefficient (Wildman–Crippen LogP) is 2.16. The average Bonchev–Trinajstić information content (AvgIpc) is 3.18. The Morgan fingerprint density at radius 3 is 3.08 bits per heavy atom. The van der Waals surface area contributed by atoms with Crippen molar-refractivity contribution in [2.75, 3.05) is 32.8 Å². The van der Waals surface area contributed by atoms with Crippen molar-refractivity contribution in [3.63, 3.8) is 0 Å². The lowest BCUT2D eigenvalue weighted by Crippen LogP contribution is -2.42. The topological polar surface area (TPSA) is 59.4 Å². The van der Waals surface area contributed by atoms with Gasteiger partial charge in [-0.2, -0.15) is 5.10 Å². The molecule has 138 valence electrons. The van der Waals surface area contributed by atoms with Crippen molar-refractivity contribution in [1.29, 1.82) is 0 Å². The molecule has 2 unspecified atom stereocenters. The second-order valence-corrected chi connectivity index (χ2v) is 6.85. The summed E-state index contributed by atoms with van der Waals surface area (Å²) in [7, 11) is 0. The molecule has 1 N–H and O–H groups in total. The van der Waals surface area contributed by atoms with Crippen LogP contribution in [0, 0.1) is 5.82 Å². The number of aromatic nitrogens is 2. The molecule has 2 fully saturated rings. The fourth-order valence-electron chi connectivity index (χ4n) is 3.62. The number of morpholine rings is 1. The molecule has 3 heterocycles. The summed E-state index contributed by atoms with van der Waals surface area (Å²) in [5.74, 6) is -0.397. The van der Waals surface area contributed by atoms with Gasteiger partial charge in [-0.05, 0) is 43.1 Å². The van der Waals surface area contributed by atoms with Gasteiger partial charge < -0.3 is 15.0 Å². The molecule has 2 atom stereocenters. The smallest absolute Gasteiger partial charge is 0.274 e. The fraction of sp³-hybridized carbons (Fsp3) is 0.474. The lowest BCUT2D eigenvalue weighted by atomic mass is 10.1. The molecule has 2 aliphatic heterocycles. The van der Waals surface area contributed by atoms with E-state index in [9.17, 15) is 9.18 Å². The van der Waals surface area contributed by atoms with Crippen LogP contribution in [0.5, 0.6) is 0 Å². The molecule has 1 aromatic carbocycles. The molecule has 4 rings (SSSR count). The number of hydrogen-bond donors (Lipinski definition) is 1. The Labute approximate surface area is 151 Å². The largest absolute Gasteiger partial charge is 0.370 e. The molecule has 0 radical (unpaired) electrons. The van der Waals surface area contributed by atoms with Crippen LogP contribution in [0.2, 0.25) is 0 Å². The zero-order valence-corrected chi connectivity index (χ0v) is 14.6. The number of amides is 1. The second-order valence-electron chi connectivity index (χ2n) is 6.85. The number of nitrogens with one attached hydrogen (secondary N) is 1. The molecule has 0 spiro atoms. The molecule has 0 saturated carbocycles. The Bertz CT molecular complexity index is 772. The van der Waals surface area contributed by atoms with Gasteiger partial charge in [0.1, 0.15) is 17.6 Å². The number of benzene rings is 1. The summed E-state index contributed by atoms with van der Waals surface area (Å²) in [6, 6.07) is 8.44. The van der Waals surface area contributed by atoms with Gasteiger partial charge in [-0.25, -0.2) is 4.39 Å². The van der Waals surface area contributed by atoms with E-state index in [1.165, 1.54) is 12.1 Å². The predicted molar refractivity (Wildman–Crippen MR) is 94.4 cm³/mol. The minimum Gasteiger partial charge on any atom is -0.370 e. The maximum atomic E-state index is 13.5. The van der Waals surface area contributed by atoms with Crippen molar-refractivity contribution in [3.05, 3.63) is 53.6 Å². The third-order valence-electron chi connectivity index (χ3n) is 5.05. The molecule has 0 aliphatic carbocycles. The van der Waals surface area contributed by atoms with Crippen LogP contribution < -0.4 is 5.32 Å². The molecule has 1 aromatic heterocycles. The Kier molecular flexibility index (Phi) is 4.99. The Hall–Kier alpha value is -2.25. The van der Waals surface area contributed by atoms with Gasteiger partial charge in [0.15, 0.2) is 0 Å². The highest BCUT2D eigenvalue weighted by molar-refractivity contribution is 5.92. The standard InChI is InChI=1S/C19H23FN4O2/c20-15-4-1-3-14(11-15)18-13-23(9-10-26-18)19(25)17-6-8-24(22-17)16-5-2-7-21-12-16/h1,3-4,6,8,11,16,18,21H,2,5,7,9-10,12-13H2. The number of piperidine rings is 1. The van der Waals surface area contributed by atoms with Crippen molar-refractivity contribution in [2.24, 2.45) is 0 Å². The number of hydrogen-bond acceptors (Lipinski definition) is 4. The van der Waals surface area contributed by atoms with E-state index in [1.807, 2.05) is 16.9 Å². The zero-order valence-electron chi connectivity index (χ0n) is 14.6. The highest BCUT2D eigenvalue weighted by Gasteiger charge is 2.28. The number of nitrogens with zero attached hydrogens (tertiary/aromatic N) is 3. The second kappa shape index (κ2) is 7.55. The maximum absolute atomic E-state index is 13.5. The summed E-state index contributed by atoms with van der Waals surface area (Å²) in [6.07, 6.45) is 3.76. The Balaban J connectivity index is 1.45. The summed E-state index contributed by atoms with van der Waals surface area (Å²) in [5, 5.41) is 7.87. The average molecular weight is 358 g/mol. The third kappa shape index (κ3) is 3.64. The van der Waals surface area contributed by atoms with E-state index in [0.717, 1.165) is 31.5 Å². The number of carbonyl (C=O) groups is 1. The highest BCUT2D eigenvalue weighted by atomic mass is 19.1. The van der Waals surface area contributed by atoms with Crippen LogP contribution in [-0.4, -0.2) is 53.4 Å². The zero-order chi connectivity index (χ0) is 17.9. The minimum absolute atomic E-state index is 0.0998. The van der Waals surface area contributed by atoms with Gasteiger partial charge in [-0.15, -0.1) is 0 Å². The van der Waals surface area contributed by atoms with E-state index in [1.54, 1.807) is 17.0 Å². The molecule has 2 aliphatic rings. The van der Waals surface area contributed by atoms with Gasteiger partial charge in [0.05, 0.1) is 19.2 Å². The van der Waals surface area contributed by atoms with Gasteiger partial charge in [-0.3, -0.25) is 9.48 Å². The van der Waals surface area contributed by atoms with Gasteiger partial charge in [0.2, 0.25) is 0 Å². The normalized spacial score (nSPS) is 23.8. The first-order valence-electron chi connectivity index (χ1n) is 9.13. The molecule has 26 heavy (non-hydrogen) atoms. The molecular weight excluding hydrogens is 335 g/mol. The van der Waals surface area contributed by atoms with Crippen molar-refractivity contribution in [2.45, 2.75) is 25.0 Å². The van der Waals surface area contributed by atoms with Crippen LogP contribution in [0.1, 0.15) is 41.0 Å². The number of halogens is 1. The van der Waals surface area contributed by atoms with Gasteiger partial charge in [-0.1, -0.05) is 12.1 Å². The molecule has 2 saturated heterocycles. The lowest BCUT2D eigenvalue weighted by Gasteiger charge is -2.32. The SMILES string of the molecule is O=C(c1ccn(C2CCCNC2)n1)N1CCOC(c2cccc(F)c2)C1. The van der Waals surface area contributed by atoms with Crippen molar-refractivity contribution >= 4 is 5.91 Å². The first-order chi connectivity index (χ1) is 12.7. The van der Waals surface area contributed by atoms with Crippen LogP contribution in [0.4, 0.5) is 4.39 Å². The van der Waals surface area contributed by atoms with Gasteiger partial charge >= 0.3 is 0 Å². The number of rotatable bonds is 3. The van der Waals surface area contributed by atoms with Gasteiger partial charge in [0, 0.05) is 19.3 Å². The van der Waals surface area contributed by atoms with Crippen molar-refractivity contribution in [1.82, 2.24) is 20.0 Å². The number of ether oxygens (including phenoxy) is 1. The first kappa shape index (κ1) is 17.2. The maximum Gasteiger partial charge on any atom is 0.274 e. The first-order valence-corrected chi connectivity index (χ1v) is 9.13. The fourth-order valence-corrected chi connectivity index (χ4v) is 3.62. The summed E-state index contributed by atoms with van der Waals surface area (Å²) < 4.78 is 21.1.